The van der Waals surface area contributed by atoms with Crippen LogP contribution in [0.15, 0.2) is 0 Å². The fraction of sp³-hybridized carbons (Fsp3) is 0.833. The second-order valence-electron chi connectivity index (χ2n) is 1.84. The van der Waals surface area contributed by atoms with Crippen LogP contribution in [-0.4, -0.2) is 37.5 Å². The Labute approximate surface area is 59.7 Å². The summed E-state index contributed by atoms with van der Waals surface area (Å²) in [6.45, 7) is 1.29. The van der Waals surface area contributed by atoms with Gasteiger partial charge in [-0.1, -0.05) is 0 Å². The molecule has 0 radical (unpaired) electrons. The van der Waals surface area contributed by atoms with Crippen molar-refractivity contribution in [1.29, 1.82) is 0 Å². The molecule has 1 N–H and O–H groups in total. The quantitative estimate of drug-likeness (QED) is 0.549. The van der Waals surface area contributed by atoms with E-state index in [0.717, 1.165) is 0 Å². The van der Waals surface area contributed by atoms with E-state index in [2.05, 4.69) is 4.74 Å². The summed E-state index contributed by atoms with van der Waals surface area (Å²) in [7, 11) is 1.45. The standard InChI is InChI=1S/C6H12O4/c1-5(8)10-4-6(3-7)9-2/h6-7H,3-4H2,1-2H3/t6-/m0/s1. The van der Waals surface area contributed by atoms with E-state index in [1.54, 1.807) is 0 Å². The number of hydrogen-bond donors (Lipinski definition) is 1. The summed E-state index contributed by atoms with van der Waals surface area (Å²) in [5.74, 6) is -0.365. The summed E-state index contributed by atoms with van der Waals surface area (Å²) >= 11 is 0. The average molecular weight is 148 g/mol. The summed E-state index contributed by atoms with van der Waals surface area (Å²) in [5.41, 5.74) is 0. The lowest BCUT2D eigenvalue weighted by Crippen LogP contribution is -2.23. The molecule has 4 nitrogen and oxygen atoms in total. The van der Waals surface area contributed by atoms with Crippen LogP contribution in [0, 0.1) is 0 Å². The molecule has 0 aliphatic heterocycles. The fourth-order valence-electron chi connectivity index (χ4n) is 0.406. The molecule has 60 valence electrons. The number of carbonyl (C=O) groups is 1. The minimum absolute atomic E-state index is 0.113. The first-order valence-electron chi connectivity index (χ1n) is 2.97. The van der Waals surface area contributed by atoms with Crippen LogP contribution in [0.25, 0.3) is 0 Å². The van der Waals surface area contributed by atoms with Crippen LogP contribution < -0.4 is 0 Å². The molecule has 0 aromatic carbocycles. The average Bonchev–Trinajstić information content (AvgIpc) is 1.90. The molecular weight excluding hydrogens is 136 g/mol. The fourth-order valence-corrected chi connectivity index (χ4v) is 0.406. The van der Waals surface area contributed by atoms with Crippen molar-refractivity contribution in [3.8, 4) is 0 Å². The lowest BCUT2D eigenvalue weighted by Gasteiger charge is -2.10. The zero-order chi connectivity index (χ0) is 7.98. The van der Waals surface area contributed by atoms with Crippen molar-refractivity contribution < 1.29 is 19.4 Å². The highest BCUT2D eigenvalue weighted by molar-refractivity contribution is 5.65. The molecule has 0 fully saturated rings. The van der Waals surface area contributed by atoms with Crippen LogP contribution in [0.4, 0.5) is 0 Å². The molecule has 0 saturated heterocycles. The van der Waals surface area contributed by atoms with Crippen molar-refractivity contribution in [1.82, 2.24) is 0 Å². The van der Waals surface area contributed by atoms with Crippen LogP contribution in [0.2, 0.25) is 0 Å². The third kappa shape index (κ3) is 4.29. The summed E-state index contributed by atoms with van der Waals surface area (Å²) in [6.07, 6.45) is -0.399. The van der Waals surface area contributed by atoms with Crippen molar-refractivity contribution in [2.24, 2.45) is 0 Å². The van der Waals surface area contributed by atoms with Crippen LogP contribution in [0.3, 0.4) is 0 Å². The first-order valence-corrected chi connectivity index (χ1v) is 2.97. The van der Waals surface area contributed by atoms with Gasteiger partial charge in [-0.3, -0.25) is 4.79 Å². The van der Waals surface area contributed by atoms with E-state index in [-0.39, 0.29) is 19.2 Å². The number of ether oxygens (including phenoxy) is 2. The van der Waals surface area contributed by atoms with Gasteiger partial charge in [0.2, 0.25) is 0 Å². The predicted molar refractivity (Wildman–Crippen MR) is 34.5 cm³/mol. The van der Waals surface area contributed by atoms with E-state index in [1.807, 2.05) is 0 Å². The van der Waals surface area contributed by atoms with Crippen LogP contribution in [0.5, 0.6) is 0 Å². The predicted octanol–water partition coefficient (Wildman–Crippen LogP) is -0.443. The van der Waals surface area contributed by atoms with Crippen LogP contribution in [-0.2, 0) is 14.3 Å². The third-order valence-corrected chi connectivity index (χ3v) is 1.01. The maximum Gasteiger partial charge on any atom is 0.302 e. The maximum absolute atomic E-state index is 10.2. The smallest absolute Gasteiger partial charge is 0.302 e. The highest BCUT2D eigenvalue weighted by Crippen LogP contribution is 1.89. The Morgan fingerprint density at radius 1 is 1.70 bits per heavy atom. The number of aliphatic hydroxyl groups excluding tert-OH is 1. The number of carbonyl (C=O) groups excluding carboxylic acids is 1. The van der Waals surface area contributed by atoms with E-state index < -0.39 is 6.10 Å². The van der Waals surface area contributed by atoms with E-state index in [9.17, 15) is 4.79 Å². The molecule has 4 heteroatoms. The molecule has 1 atom stereocenters. The largest absolute Gasteiger partial charge is 0.463 e. The van der Waals surface area contributed by atoms with Gasteiger partial charge in [-0.2, -0.15) is 0 Å². The molecule has 0 rings (SSSR count). The Balaban J connectivity index is 3.34. The monoisotopic (exact) mass is 148 g/mol. The van der Waals surface area contributed by atoms with Gasteiger partial charge in [-0.15, -0.1) is 0 Å². The van der Waals surface area contributed by atoms with Gasteiger partial charge in [0.1, 0.15) is 12.7 Å². The van der Waals surface area contributed by atoms with Crippen LogP contribution in [0.1, 0.15) is 6.92 Å². The first kappa shape index (κ1) is 9.39. The minimum Gasteiger partial charge on any atom is -0.463 e. The second-order valence-corrected chi connectivity index (χ2v) is 1.84. The highest BCUT2D eigenvalue weighted by atomic mass is 16.6. The van der Waals surface area contributed by atoms with Gasteiger partial charge in [0.25, 0.3) is 0 Å². The van der Waals surface area contributed by atoms with Crippen molar-refractivity contribution in [2.75, 3.05) is 20.3 Å². The zero-order valence-corrected chi connectivity index (χ0v) is 6.16. The van der Waals surface area contributed by atoms with Gasteiger partial charge in [0, 0.05) is 14.0 Å². The van der Waals surface area contributed by atoms with E-state index in [1.165, 1.54) is 14.0 Å². The minimum atomic E-state index is -0.399. The normalized spacial score (nSPS) is 12.7. The van der Waals surface area contributed by atoms with Gasteiger partial charge in [0.15, 0.2) is 0 Å². The SMILES string of the molecule is CO[C@@H](CO)COC(C)=O. The molecule has 0 bridgehead atoms. The number of hydrogen-bond acceptors (Lipinski definition) is 4. The van der Waals surface area contributed by atoms with Crippen molar-refractivity contribution >= 4 is 5.97 Å². The second kappa shape index (κ2) is 5.20. The van der Waals surface area contributed by atoms with Crippen LogP contribution >= 0.6 is 0 Å². The molecule has 0 aliphatic carbocycles. The first-order chi connectivity index (χ1) is 4.70. The third-order valence-electron chi connectivity index (χ3n) is 1.01. The number of aliphatic hydroxyl groups is 1. The van der Waals surface area contributed by atoms with Crippen molar-refractivity contribution in [3.63, 3.8) is 0 Å². The Bertz CT molecular complexity index is 97.9. The van der Waals surface area contributed by atoms with Gasteiger partial charge in [-0.05, 0) is 0 Å². The number of rotatable bonds is 4. The molecule has 0 amide bonds. The lowest BCUT2D eigenvalue weighted by atomic mass is 10.4. The van der Waals surface area contributed by atoms with Crippen molar-refractivity contribution in [2.45, 2.75) is 13.0 Å². The Kier molecular flexibility index (Phi) is 4.88. The van der Waals surface area contributed by atoms with E-state index >= 15 is 0 Å². The molecule has 10 heavy (non-hydrogen) atoms. The Hall–Kier alpha value is -0.610. The topological polar surface area (TPSA) is 55.8 Å². The molecule has 0 aliphatic rings. The highest BCUT2D eigenvalue weighted by Gasteiger charge is 2.05. The summed E-state index contributed by atoms with van der Waals surface area (Å²) in [5, 5.41) is 8.52. The lowest BCUT2D eigenvalue weighted by molar-refractivity contribution is -0.145. The van der Waals surface area contributed by atoms with Gasteiger partial charge < -0.3 is 14.6 Å². The van der Waals surface area contributed by atoms with E-state index in [4.69, 9.17) is 9.84 Å². The summed E-state index contributed by atoms with van der Waals surface area (Å²) in [6, 6.07) is 0. The number of methoxy groups -OCH3 is 1. The summed E-state index contributed by atoms with van der Waals surface area (Å²) in [4.78, 5) is 10.2. The van der Waals surface area contributed by atoms with Gasteiger partial charge >= 0.3 is 5.97 Å². The Morgan fingerprint density at radius 3 is 2.60 bits per heavy atom. The van der Waals surface area contributed by atoms with E-state index in [0.29, 0.717) is 0 Å². The maximum atomic E-state index is 10.2. The van der Waals surface area contributed by atoms with Crippen molar-refractivity contribution in [3.05, 3.63) is 0 Å². The molecule has 0 heterocycles. The molecular formula is C6H12O4. The van der Waals surface area contributed by atoms with Gasteiger partial charge in [-0.25, -0.2) is 0 Å². The molecule has 0 unspecified atom stereocenters. The molecule has 0 spiro atoms. The number of esters is 1. The molecule has 0 aromatic rings. The summed E-state index contributed by atoms with van der Waals surface area (Å²) < 4.78 is 9.28. The van der Waals surface area contributed by atoms with Gasteiger partial charge in [0.05, 0.1) is 6.61 Å². The molecule has 0 saturated carbocycles. The Morgan fingerprint density at radius 2 is 2.30 bits per heavy atom. The molecule has 0 aromatic heterocycles. The zero-order valence-electron chi connectivity index (χ0n) is 6.16.